The zero-order valence-corrected chi connectivity index (χ0v) is 14.8. The van der Waals surface area contributed by atoms with Crippen molar-refractivity contribution in [3.8, 4) is 0 Å². The van der Waals surface area contributed by atoms with Gasteiger partial charge in [-0.3, -0.25) is 0 Å². The Morgan fingerprint density at radius 3 is 1.14 bits per heavy atom. The molecule has 0 aromatic heterocycles. The Bertz CT molecular complexity index is 613. The average molecular weight is 436 g/mol. The highest BCUT2D eigenvalue weighted by atomic mass is 19.4. The van der Waals surface area contributed by atoms with Crippen LogP contribution in [0.1, 0.15) is 31.9 Å². The van der Waals surface area contributed by atoms with E-state index in [1.807, 2.05) is 0 Å². The second-order valence-electron chi connectivity index (χ2n) is 6.61. The molecule has 0 aliphatic carbocycles. The predicted octanol–water partition coefficient (Wildman–Crippen LogP) is 7.51. The summed E-state index contributed by atoms with van der Waals surface area (Å²) >= 11 is 0. The third kappa shape index (κ3) is 5.25. The molecular weight excluding hydrogens is 420 g/mol. The van der Waals surface area contributed by atoms with E-state index in [1.54, 1.807) is 0 Å². The van der Waals surface area contributed by atoms with Gasteiger partial charge >= 0.3 is 24.7 Å². The molecule has 0 heterocycles. The second-order valence-corrected chi connectivity index (χ2v) is 6.61. The smallest absolute Gasteiger partial charge is 0.170 e. The fourth-order valence-corrected chi connectivity index (χ4v) is 1.60. The zero-order valence-electron chi connectivity index (χ0n) is 14.8. The van der Waals surface area contributed by atoms with Crippen molar-refractivity contribution in [3.05, 3.63) is 35.4 Å². The lowest BCUT2D eigenvalue weighted by Crippen LogP contribution is -2.51. The molecule has 28 heavy (non-hydrogen) atoms. The molecule has 1 aromatic carbocycles. The van der Waals surface area contributed by atoms with E-state index in [-0.39, 0.29) is 20.8 Å². The van der Waals surface area contributed by atoms with Gasteiger partial charge in [0.05, 0.1) is 0 Å². The monoisotopic (exact) mass is 436 g/mol. The molecule has 164 valence electrons. The van der Waals surface area contributed by atoms with Crippen LogP contribution < -0.4 is 0 Å². The van der Waals surface area contributed by atoms with Gasteiger partial charge in [-0.2, -0.15) is 52.7 Å². The van der Waals surface area contributed by atoms with Gasteiger partial charge in [-0.25, -0.2) is 0 Å². The lowest BCUT2D eigenvalue weighted by Gasteiger charge is -2.34. The summed E-state index contributed by atoms with van der Waals surface area (Å²) in [6.07, 6.45) is -21.3. The third-order valence-electron chi connectivity index (χ3n) is 4.15. The second kappa shape index (κ2) is 7.66. The fraction of sp³-hybridized carbons (Fsp3) is 0.625. The molecule has 0 bridgehead atoms. The molecule has 0 nitrogen and oxygen atoms in total. The number of halogens is 12. The van der Waals surface area contributed by atoms with Crippen molar-refractivity contribution < 1.29 is 52.7 Å². The van der Waals surface area contributed by atoms with Crippen LogP contribution in [0.5, 0.6) is 0 Å². The maximum absolute atomic E-state index is 12.7. The van der Waals surface area contributed by atoms with Crippen molar-refractivity contribution in [3.63, 3.8) is 0 Å². The summed E-state index contributed by atoms with van der Waals surface area (Å²) in [4.78, 5) is 0. The van der Waals surface area contributed by atoms with E-state index in [2.05, 4.69) is 0 Å². The topological polar surface area (TPSA) is 0 Å². The van der Waals surface area contributed by atoms with Crippen LogP contribution in [0.3, 0.4) is 0 Å². The van der Waals surface area contributed by atoms with Gasteiger partial charge in [0, 0.05) is 0 Å². The highest BCUT2D eigenvalue weighted by molar-refractivity contribution is 5.32. The first-order valence-corrected chi connectivity index (χ1v) is 7.34. The van der Waals surface area contributed by atoms with Crippen LogP contribution >= 0.6 is 0 Å². The van der Waals surface area contributed by atoms with Gasteiger partial charge in [-0.1, -0.05) is 29.8 Å². The first kappa shape index (κ1) is 26.4. The number of benzene rings is 1. The van der Waals surface area contributed by atoms with Crippen molar-refractivity contribution in [1.82, 2.24) is 0 Å². The van der Waals surface area contributed by atoms with Crippen LogP contribution in [-0.4, -0.2) is 24.7 Å². The van der Waals surface area contributed by atoms with Gasteiger partial charge in [0.25, 0.3) is 0 Å². The summed E-state index contributed by atoms with van der Waals surface area (Å²) in [7, 11) is 0. The Balaban J connectivity index is 0.000000576. The molecule has 0 amide bonds. The highest BCUT2D eigenvalue weighted by Gasteiger charge is 2.68. The number of hydrogen-bond donors (Lipinski definition) is 0. The van der Waals surface area contributed by atoms with Crippen LogP contribution in [0, 0.1) is 12.3 Å². The zero-order chi connectivity index (χ0) is 23.0. The minimum Gasteiger partial charge on any atom is -0.170 e. The largest absolute Gasteiger partial charge is 0.406 e. The Morgan fingerprint density at radius 2 is 0.929 bits per heavy atom. The minimum atomic E-state index is -5.39. The van der Waals surface area contributed by atoms with Crippen LogP contribution in [0.15, 0.2) is 24.3 Å². The molecule has 0 spiro atoms. The fourth-order valence-electron chi connectivity index (χ4n) is 1.60. The van der Waals surface area contributed by atoms with E-state index in [0.29, 0.717) is 5.56 Å². The van der Waals surface area contributed by atoms with Gasteiger partial charge in [0.1, 0.15) is 0 Å². The molecule has 0 radical (unpaired) electrons. The van der Waals surface area contributed by atoms with E-state index in [4.69, 9.17) is 0 Å². The molecule has 1 aromatic rings. The molecule has 0 aliphatic heterocycles. The molecule has 0 saturated heterocycles. The van der Waals surface area contributed by atoms with Crippen LogP contribution in [0.25, 0.3) is 0 Å². The van der Waals surface area contributed by atoms with Gasteiger partial charge < -0.3 is 0 Å². The van der Waals surface area contributed by atoms with Crippen LogP contribution in [0.4, 0.5) is 52.7 Å². The average Bonchev–Trinajstić information content (AvgIpc) is 2.42. The summed E-state index contributed by atoms with van der Waals surface area (Å²) < 4.78 is 146. The van der Waals surface area contributed by atoms with E-state index in [9.17, 15) is 52.7 Å². The molecule has 0 N–H and O–H groups in total. The van der Waals surface area contributed by atoms with E-state index in [1.165, 1.54) is 19.1 Å². The normalized spacial score (nSPS) is 14.4. The van der Waals surface area contributed by atoms with Crippen LogP contribution in [0.2, 0.25) is 0 Å². The Labute approximate surface area is 152 Å². The lowest BCUT2D eigenvalue weighted by atomic mass is 9.80. The number of aryl methyl sites for hydroxylation is 1. The molecule has 0 fully saturated rings. The van der Waals surface area contributed by atoms with Gasteiger partial charge in [-0.15, -0.1) is 0 Å². The molecule has 1 rings (SSSR count). The number of hydrogen-bond acceptors (Lipinski definition) is 0. The van der Waals surface area contributed by atoms with E-state index >= 15 is 0 Å². The molecule has 0 atom stereocenters. The summed E-state index contributed by atoms with van der Waals surface area (Å²) in [5, 5.41) is 0. The van der Waals surface area contributed by atoms with Crippen molar-refractivity contribution in [2.24, 2.45) is 5.41 Å². The van der Waals surface area contributed by atoms with E-state index < -0.39 is 41.1 Å². The summed E-state index contributed by atoms with van der Waals surface area (Å²) in [5.41, 5.74) is -7.91. The summed E-state index contributed by atoms with van der Waals surface area (Å²) in [6, 6.07) is 4.37. The lowest BCUT2D eigenvalue weighted by molar-refractivity contribution is -0.327. The number of alkyl halides is 12. The molecular formula is C16H16F12. The summed E-state index contributed by atoms with van der Waals surface area (Å²) in [6.45, 7) is 1.80. The first-order valence-electron chi connectivity index (χ1n) is 7.34. The molecule has 0 saturated carbocycles. The highest BCUT2D eigenvalue weighted by Crippen LogP contribution is 2.52. The Hall–Kier alpha value is -1.62. The predicted molar refractivity (Wildman–Crippen MR) is 76.5 cm³/mol. The quantitative estimate of drug-likeness (QED) is 0.400. The van der Waals surface area contributed by atoms with E-state index in [0.717, 1.165) is 12.1 Å². The van der Waals surface area contributed by atoms with Crippen LogP contribution in [-0.2, 0) is 5.41 Å². The van der Waals surface area contributed by atoms with Crippen molar-refractivity contribution in [1.29, 1.82) is 0 Å². The SMILES string of the molecule is CC(C)(C(F)(F)F)C(F)(F)F.Cc1cccc(C(C)(C(F)(F)F)C(F)(F)F)c1. The van der Waals surface area contributed by atoms with Crippen molar-refractivity contribution >= 4 is 0 Å². The van der Waals surface area contributed by atoms with Gasteiger partial charge in [0.15, 0.2) is 10.8 Å². The standard InChI is InChI=1S/C11H10F6.C5H6F6/c1-7-4-3-5-8(6-7)9(2,10(12,13)14)11(15,16)17;1-3(2,4(6,7)8)5(9,10)11/h3-6H,1-2H3;1-2H3. The van der Waals surface area contributed by atoms with Gasteiger partial charge in [-0.05, 0) is 33.3 Å². The summed E-state index contributed by atoms with van der Waals surface area (Å²) in [5.74, 6) is 0. The minimum absolute atomic E-state index is 0.104. The Morgan fingerprint density at radius 1 is 0.571 bits per heavy atom. The molecule has 0 unspecified atom stereocenters. The van der Waals surface area contributed by atoms with Crippen molar-refractivity contribution in [2.45, 2.75) is 57.8 Å². The van der Waals surface area contributed by atoms with Crippen molar-refractivity contribution in [2.75, 3.05) is 0 Å². The first-order chi connectivity index (χ1) is 12.0. The maximum atomic E-state index is 12.7. The number of rotatable bonds is 1. The Kier molecular flexibility index (Phi) is 7.22. The molecule has 0 aliphatic rings. The maximum Gasteiger partial charge on any atom is 0.406 e. The molecule has 12 heteroatoms. The van der Waals surface area contributed by atoms with Gasteiger partial charge in [0.2, 0.25) is 0 Å². The third-order valence-corrected chi connectivity index (χ3v) is 4.15.